The van der Waals surface area contributed by atoms with Crippen LogP contribution in [0.1, 0.15) is 9.67 Å². The van der Waals surface area contributed by atoms with E-state index in [1.54, 1.807) is 0 Å². The van der Waals surface area contributed by atoms with Gasteiger partial charge < -0.3 is 0 Å². The fraction of sp³-hybridized carbons (Fsp3) is 0.429. The molecule has 84 valence electrons. The highest BCUT2D eigenvalue weighted by Gasteiger charge is 2.09. The van der Waals surface area contributed by atoms with Crippen LogP contribution in [0, 0.1) is 0 Å². The molecule has 0 unspecified atom stereocenters. The van der Waals surface area contributed by atoms with Gasteiger partial charge in [-0.25, -0.2) is 13.4 Å². The molecule has 1 heterocycles. The van der Waals surface area contributed by atoms with Gasteiger partial charge in [0, 0.05) is 12.0 Å². The first kappa shape index (κ1) is 13.0. The first-order valence-electron chi connectivity index (χ1n) is 3.84. The van der Waals surface area contributed by atoms with Crippen LogP contribution >= 0.6 is 34.7 Å². The van der Waals surface area contributed by atoms with Gasteiger partial charge in [-0.2, -0.15) is 0 Å². The second-order valence-electron chi connectivity index (χ2n) is 2.73. The van der Waals surface area contributed by atoms with Gasteiger partial charge >= 0.3 is 0 Å². The lowest BCUT2D eigenvalue weighted by atomic mass is 10.6. The van der Waals surface area contributed by atoms with Crippen molar-refractivity contribution in [1.82, 2.24) is 4.98 Å². The molecule has 0 radical (unpaired) electrons. The smallest absolute Gasteiger partial charge is 0.163 e. The highest BCUT2D eigenvalue weighted by molar-refractivity contribution is 8.02. The Kier molecular flexibility index (Phi) is 4.57. The Morgan fingerprint density at radius 3 is 2.73 bits per heavy atom. The summed E-state index contributed by atoms with van der Waals surface area (Å²) in [6.07, 6.45) is 1.82. The zero-order chi connectivity index (χ0) is 11.5. The molecule has 0 amide bonds. The number of hydrogen-bond acceptors (Lipinski definition) is 6. The lowest BCUT2D eigenvalue weighted by Gasteiger charge is -1.95. The second-order valence-corrected chi connectivity index (χ2v) is 7.72. The molecule has 4 nitrogen and oxygen atoms in total. The molecular weight excluding hydrogens is 278 g/mol. The van der Waals surface area contributed by atoms with E-state index in [0.717, 1.165) is 0 Å². The van der Waals surface area contributed by atoms with Crippen molar-refractivity contribution in [3.8, 4) is 0 Å². The van der Waals surface area contributed by atoms with E-state index < -0.39 is 9.84 Å². The number of thioether (sulfide) groups is 1. The fourth-order valence-electron chi connectivity index (χ4n) is 0.709. The van der Waals surface area contributed by atoms with Gasteiger partial charge in [0.1, 0.15) is 14.7 Å². The number of aromatic nitrogens is 1. The molecule has 0 saturated heterocycles. The van der Waals surface area contributed by atoms with Crippen molar-refractivity contribution in [3.05, 3.63) is 10.0 Å². The average molecular weight is 286 g/mol. The van der Waals surface area contributed by atoms with Crippen LogP contribution in [-0.2, 0) is 9.84 Å². The van der Waals surface area contributed by atoms with Crippen LogP contribution in [0.2, 0.25) is 5.15 Å². The molecule has 0 aliphatic heterocycles. The molecule has 0 aliphatic rings. The number of sulfone groups is 1. The van der Waals surface area contributed by atoms with Crippen LogP contribution in [0.5, 0.6) is 0 Å². The van der Waals surface area contributed by atoms with Gasteiger partial charge in [0.15, 0.2) is 15.8 Å². The Balaban J connectivity index is 2.55. The summed E-state index contributed by atoms with van der Waals surface area (Å²) in [6, 6.07) is 0. The number of aldehydes is 1. The van der Waals surface area contributed by atoms with Crippen LogP contribution in [-0.4, -0.2) is 37.4 Å². The maximum absolute atomic E-state index is 10.8. The van der Waals surface area contributed by atoms with Crippen molar-refractivity contribution in [3.63, 3.8) is 0 Å². The van der Waals surface area contributed by atoms with Gasteiger partial charge in [0.25, 0.3) is 0 Å². The SMILES string of the molecule is CS(=O)(=O)CCSc1nc(Cl)c(C=O)s1. The van der Waals surface area contributed by atoms with Crippen molar-refractivity contribution in [1.29, 1.82) is 0 Å². The third kappa shape index (κ3) is 4.50. The number of nitrogens with zero attached hydrogens (tertiary/aromatic N) is 1. The topological polar surface area (TPSA) is 64.1 Å². The molecule has 0 spiro atoms. The summed E-state index contributed by atoms with van der Waals surface area (Å²) in [5.74, 6) is 0.506. The van der Waals surface area contributed by atoms with Crippen LogP contribution in [0.4, 0.5) is 0 Å². The highest BCUT2D eigenvalue weighted by atomic mass is 35.5. The van der Waals surface area contributed by atoms with Gasteiger partial charge in [-0.05, 0) is 0 Å². The Labute approximate surface area is 101 Å². The van der Waals surface area contributed by atoms with Crippen molar-refractivity contribution < 1.29 is 13.2 Å². The zero-order valence-electron chi connectivity index (χ0n) is 7.77. The van der Waals surface area contributed by atoms with E-state index >= 15 is 0 Å². The van der Waals surface area contributed by atoms with E-state index in [0.29, 0.717) is 21.3 Å². The summed E-state index contributed by atoms with van der Waals surface area (Å²) in [4.78, 5) is 14.8. The minimum Gasteiger partial charge on any atom is -0.297 e. The Bertz CT molecular complexity index is 454. The monoisotopic (exact) mass is 285 g/mol. The summed E-state index contributed by atoms with van der Waals surface area (Å²) in [6.45, 7) is 0. The van der Waals surface area contributed by atoms with E-state index in [2.05, 4.69) is 4.98 Å². The van der Waals surface area contributed by atoms with Gasteiger partial charge in [-0.15, -0.1) is 11.3 Å². The molecule has 0 aromatic carbocycles. The predicted molar refractivity (Wildman–Crippen MR) is 62.9 cm³/mol. The van der Waals surface area contributed by atoms with E-state index in [1.165, 1.54) is 29.4 Å². The lowest BCUT2D eigenvalue weighted by molar-refractivity contribution is 0.112. The summed E-state index contributed by atoms with van der Waals surface area (Å²) >= 11 is 8.10. The van der Waals surface area contributed by atoms with E-state index in [1.807, 2.05) is 0 Å². The molecule has 0 N–H and O–H groups in total. The molecule has 8 heteroatoms. The first-order valence-corrected chi connectivity index (χ1v) is 8.08. The molecule has 0 bridgehead atoms. The van der Waals surface area contributed by atoms with Crippen LogP contribution < -0.4 is 0 Å². The first-order chi connectivity index (χ1) is 6.92. The summed E-state index contributed by atoms with van der Waals surface area (Å²) in [5, 5.41) is 0.178. The van der Waals surface area contributed by atoms with Crippen molar-refractivity contribution in [2.24, 2.45) is 0 Å². The predicted octanol–water partition coefficient (Wildman–Crippen LogP) is 1.75. The summed E-state index contributed by atoms with van der Waals surface area (Å²) in [7, 11) is -2.95. The van der Waals surface area contributed by atoms with Crippen LogP contribution in [0.3, 0.4) is 0 Å². The molecule has 0 saturated carbocycles. The number of halogens is 1. The van der Waals surface area contributed by atoms with Crippen LogP contribution in [0.15, 0.2) is 4.34 Å². The van der Waals surface area contributed by atoms with Crippen molar-refractivity contribution in [2.75, 3.05) is 17.8 Å². The Morgan fingerprint density at radius 2 is 2.27 bits per heavy atom. The average Bonchev–Trinajstić information content (AvgIpc) is 2.44. The normalized spacial score (nSPS) is 11.6. The maximum atomic E-state index is 10.8. The highest BCUT2D eigenvalue weighted by Crippen LogP contribution is 2.28. The van der Waals surface area contributed by atoms with Crippen LogP contribution in [0.25, 0.3) is 0 Å². The number of carbonyl (C=O) groups is 1. The van der Waals surface area contributed by atoms with Gasteiger partial charge in [0.2, 0.25) is 0 Å². The third-order valence-electron chi connectivity index (χ3n) is 1.38. The summed E-state index contributed by atoms with van der Waals surface area (Å²) < 4.78 is 22.3. The van der Waals surface area contributed by atoms with Crippen molar-refractivity contribution >= 4 is 50.8 Å². The van der Waals surface area contributed by atoms with Gasteiger partial charge in [0.05, 0.1) is 5.75 Å². The minimum atomic E-state index is -2.95. The molecular formula is C7H8ClNO3S3. The van der Waals surface area contributed by atoms with E-state index in [9.17, 15) is 13.2 Å². The quantitative estimate of drug-likeness (QED) is 0.609. The standard InChI is InChI=1S/C7H8ClNO3S3/c1-15(11,12)3-2-13-7-9-6(8)5(4-10)14-7/h4H,2-3H2,1H3. The molecule has 1 rings (SSSR count). The lowest BCUT2D eigenvalue weighted by Crippen LogP contribution is -2.04. The van der Waals surface area contributed by atoms with E-state index in [-0.39, 0.29) is 10.9 Å². The number of carbonyl (C=O) groups excluding carboxylic acids is 1. The van der Waals surface area contributed by atoms with Gasteiger partial charge in [-0.1, -0.05) is 23.4 Å². The Hall–Kier alpha value is -0.110. The molecule has 0 atom stereocenters. The fourth-order valence-corrected chi connectivity index (χ4v) is 4.19. The number of hydrogen-bond donors (Lipinski definition) is 0. The Morgan fingerprint density at radius 1 is 1.60 bits per heavy atom. The molecule has 1 aromatic rings. The van der Waals surface area contributed by atoms with Gasteiger partial charge in [-0.3, -0.25) is 4.79 Å². The molecule has 0 aliphatic carbocycles. The second kappa shape index (κ2) is 5.29. The number of thiazole rings is 1. The molecule has 0 fully saturated rings. The van der Waals surface area contributed by atoms with Crippen molar-refractivity contribution in [2.45, 2.75) is 4.34 Å². The largest absolute Gasteiger partial charge is 0.297 e. The summed E-state index contributed by atoms with van der Waals surface area (Å²) in [5.41, 5.74) is 0. The molecule has 15 heavy (non-hydrogen) atoms. The molecule has 1 aromatic heterocycles. The third-order valence-corrected chi connectivity index (χ3v) is 5.11. The number of rotatable bonds is 5. The van der Waals surface area contributed by atoms with E-state index in [4.69, 9.17) is 11.6 Å². The maximum Gasteiger partial charge on any atom is 0.163 e. The zero-order valence-corrected chi connectivity index (χ0v) is 11.0. The minimum absolute atomic E-state index is 0.0886.